The molecule has 0 radical (unpaired) electrons. The molecule has 2 aromatic carbocycles. The second-order valence-corrected chi connectivity index (χ2v) is 7.35. The molecule has 0 bridgehead atoms. The van der Waals surface area contributed by atoms with Gasteiger partial charge in [-0.15, -0.1) is 0 Å². The van der Waals surface area contributed by atoms with Crippen LogP contribution in [-0.4, -0.2) is 30.4 Å². The molecule has 26 heavy (non-hydrogen) atoms. The summed E-state index contributed by atoms with van der Waals surface area (Å²) in [6.45, 7) is 1.79. The van der Waals surface area contributed by atoms with Crippen molar-refractivity contribution in [3.8, 4) is 0 Å². The Labute approximate surface area is 151 Å². The van der Waals surface area contributed by atoms with Gasteiger partial charge < -0.3 is 10.6 Å². The Bertz CT molecular complexity index is 811. The molecule has 5 heteroatoms. The zero-order chi connectivity index (χ0) is 18.3. The maximum atomic E-state index is 14.0. The molecule has 1 aliphatic carbocycles. The summed E-state index contributed by atoms with van der Waals surface area (Å²) in [6.07, 6.45) is 0.582. The first-order valence-electron chi connectivity index (χ1n) is 9.08. The molecule has 3 nitrogen and oxygen atoms in total. The number of nitrogens with two attached hydrogens (primary N) is 1. The van der Waals surface area contributed by atoms with Gasteiger partial charge in [0, 0.05) is 24.9 Å². The van der Waals surface area contributed by atoms with Crippen LogP contribution in [0.4, 0.5) is 8.78 Å². The summed E-state index contributed by atoms with van der Waals surface area (Å²) >= 11 is 0. The lowest BCUT2D eigenvalue weighted by atomic mass is 9.89. The zero-order valence-electron chi connectivity index (χ0n) is 14.4. The van der Waals surface area contributed by atoms with Crippen molar-refractivity contribution >= 4 is 5.91 Å². The van der Waals surface area contributed by atoms with E-state index in [-0.39, 0.29) is 29.6 Å². The molecule has 0 aromatic heterocycles. The number of halogens is 2. The summed E-state index contributed by atoms with van der Waals surface area (Å²) in [5.41, 5.74) is 7.45. The number of amides is 1. The van der Waals surface area contributed by atoms with Crippen LogP contribution >= 0.6 is 0 Å². The lowest BCUT2D eigenvalue weighted by molar-refractivity contribution is -0.131. The monoisotopic (exact) mass is 356 g/mol. The van der Waals surface area contributed by atoms with E-state index in [2.05, 4.69) is 12.1 Å². The van der Waals surface area contributed by atoms with Crippen molar-refractivity contribution in [2.24, 2.45) is 17.6 Å². The van der Waals surface area contributed by atoms with Crippen LogP contribution in [0.25, 0.3) is 0 Å². The Morgan fingerprint density at radius 1 is 1.04 bits per heavy atom. The van der Waals surface area contributed by atoms with Crippen LogP contribution in [-0.2, 0) is 4.79 Å². The first kappa shape index (κ1) is 17.2. The van der Waals surface area contributed by atoms with Crippen LogP contribution in [0.1, 0.15) is 29.4 Å². The lowest BCUT2D eigenvalue weighted by Crippen LogP contribution is -2.31. The van der Waals surface area contributed by atoms with Gasteiger partial charge in [0.2, 0.25) is 5.91 Å². The smallest absolute Gasteiger partial charge is 0.226 e. The van der Waals surface area contributed by atoms with Crippen molar-refractivity contribution in [2.45, 2.75) is 18.3 Å². The fourth-order valence-electron chi connectivity index (χ4n) is 4.22. The number of likely N-dealkylation sites (tertiary alicyclic amines) is 1. The van der Waals surface area contributed by atoms with Crippen molar-refractivity contribution in [2.75, 3.05) is 19.6 Å². The van der Waals surface area contributed by atoms with Crippen molar-refractivity contribution in [3.05, 3.63) is 71.3 Å². The number of hydrogen-bond donors (Lipinski definition) is 1. The summed E-state index contributed by atoms with van der Waals surface area (Å²) in [6, 6.07) is 14.3. The van der Waals surface area contributed by atoms with Crippen LogP contribution < -0.4 is 5.73 Å². The van der Waals surface area contributed by atoms with Gasteiger partial charge in [-0.3, -0.25) is 4.79 Å². The largest absolute Gasteiger partial charge is 0.341 e. The van der Waals surface area contributed by atoms with Crippen LogP contribution in [0, 0.1) is 23.5 Å². The highest BCUT2D eigenvalue weighted by Crippen LogP contribution is 2.50. The maximum absolute atomic E-state index is 14.0. The van der Waals surface area contributed by atoms with Gasteiger partial charge in [-0.25, -0.2) is 8.78 Å². The van der Waals surface area contributed by atoms with Crippen molar-refractivity contribution in [1.29, 1.82) is 0 Å². The molecular formula is C21H22F2N2O. The predicted molar refractivity (Wildman–Crippen MR) is 95.5 cm³/mol. The minimum Gasteiger partial charge on any atom is -0.341 e. The zero-order valence-corrected chi connectivity index (χ0v) is 14.4. The van der Waals surface area contributed by atoms with Crippen LogP contribution in [0.2, 0.25) is 0 Å². The molecule has 2 unspecified atom stereocenters. The quantitative estimate of drug-likeness (QED) is 0.914. The molecule has 1 saturated heterocycles. The summed E-state index contributed by atoms with van der Waals surface area (Å²) in [5, 5.41) is 0. The summed E-state index contributed by atoms with van der Waals surface area (Å²) < 4.78 is 27.4. The molecule has 1 aliphatic heterocycles. The number of hydrogen-bond acceptors (Lipinski definition) is 2. The fourth-order valence-corrected chi connectivity index (χ4v) is 4.22. The first-order chi connectivity index (χ1) is 12.6. The van der Waals surface area contributed by atoms with Gasteiger partial charge in [-0.05, 0) is 42.0 Å². The molecular weight excluding hydrogens is 334 g/mol. The van der Waals surface area contributed by atoms with Gasteiger partial charge >= 0.3 is 0 Å². The lowest BCUT2D eigenvalue weighted by Gasteiger charge is -2.17. The molecule has 2 N–H and O–H groups in total. The predicted octanol–water partition coefficient (Wildman–Crippen LogP) is 3.27. The number of benzene rings is 2. The third-order valence-electron chi connectivity index (χ3n) is 5.77. The normalized spacial score (nSPS) is 27.6. The molecule has 1 amide bonds. The topological polar surface area (TPSA) is 46.3 Å². The first-order valence-corrected chi connectivity index (χ1v) is 9.08. The van der Waals surface area contributed by atoms with Crippen molar-refractivity contribution in [3.63, 3.8) is 0 Å². The third kappa shape index (κ3) is 3.01. The standard InChI is InChI=1S/C21H22F2N2O/c22-19-8-4-7-15(20(19)23)16-9-17(16)21(26)25-11-14(10-24)18(12-25)13-5-2-1-3-6-13/h1-8,14,16-18H,9-12,24H2/t14-,16?,17?,18+/m1/s1. The molecule has 1 saturated carbocycles. The summed E-state index contributed by atoms with van der Waals surface area (Å²) in [5.74, 6) is -1.65. The van der Waals surface area contributed by atoms with Crippen LogP contribution in [0.3, 0.4) is 0 Å². The van der Waals surface area contributed by atoms with E-state index >= 15 is 0 Å². The van der Waals surface area contributed by atoms with Gasteiger partial charge in [0.15, 0.2) is 11.6 Å². The number of carbonyl (C=O) groups excluding carboxylic acids is 1. The molecule has 2 aliphatic rings. The highest BCUT2D eigenvalue weighted by Gasteiger charge is 2.49. The van der Waals surface area contributed by atoms with E-state index in [1.165, 1.54) is 11.6 Å². The van der Waals surface area contributed by atoms with E-state index in [0.29, 0.717) is 31.6 Å². The Balaban J connectivity index is 1.47. The molecule has 2 aromatic rings. The molecule has 136 valence electrons. The number of nitrogens with zero attached hydrogens (tertiary/aromatic N) is 1. The summed E-state index contributed by atoms with van der Waals surface area (Å²) in [4.78, 5) is 14.8. The van der Waals surface area contributed by atoms with E-state index in [1.807, 2.05) is 23.1 Å². The van der Waals surface area contributed by atoms with Gasteiger partial charge in [-0.1, -0.05) is 42.5 Å². The van der Waals surface area contributed by atoms with E-state index < -0.39 is 11.6 Å². The highest BCUT2D eigenvalue weighted by molar-refractivity contribution is 5.83. The SMILES string of the molecule is NC[C@@H]1CN(C(=O)C2CC2c2cccc(F)c2F)C[C@H]1c1ccccc1. The minimum absolute atomic E-state index is 0.0375. The summed E-state index contributed by atoms with van der Waals surface area (Å²) in [7, 11) is 0. The van der Waals surface area contributed by atoms with Crippen LogP contribution in [0.15, 0.2) is 48.5 Å². The second kappa shape index (κ2) is 6.80. The number of carbonyl (C=O) groups is 1. The Morgan fingerprint density at radius 3 is 2.54 bits per heavy atom. The Morgan fingerprint density at radius 2 is 1.81 bits per heavy atom. The van der Waals surface area contributed by atoms with E-state index in [9.17, 15) is 13.6 Å². The molecule has 2 fully saturated rings. The van der Waals surface area contributed by atoms with E-state index in [4.69, 9.17) is 5.73 Å². The van der Waals surface area contributed by atoms with Gasteiger partial charge in [0.1, 0.15) is 0 Å². The minimum atomic E-state index is -0.853. The van der Waals surface area contributed by atoms with Crippen LogP contribution in [0.5, 0.6) is 0 Å². The molecule has 1 heterocycles. The van der Waals surface area contributed by atoms with Crippen molar-refractivity contribution in [1.82, 2.24) is 4.90 Å². The molecule has 4 atom stereocenters. The van der Waals surface area contributed by atoms with Crippen molar-refractivity contribution < 1.29 is 13.6 Å². The average molecular weight is 356 g/mol. The third-order valence-corrected chi connectivity index (χ3v) is 5.77. The molecule has 0 spiro atoms. The highest BCUT2D eigenvalue weighted by atomic mass is 19.2. The van der Waals surface area contributed by atoms with E-state index in [0.717, 1.165) is 6.07 Å². The van der Waals surface area contributed by atoms with Gasteiger partial charge in [-0.2, -0.15) is 0 Å². The second-order valence-electron chi connectivity index (χ2n) is 7.35. The maximum Gasteiger partial charge on any atom is 0.226 e. The Hall–Kier alpha value is -2.27. The number of rotatable bonds is 4. The van der Waals surface area contributed by atoms with Gasteiger partial charge in [0.25, 0.3) is 0 Å². The van der Waals surface area contributed by atoms with E-state index in [1.54, 1.807) is 6.07 Å². The molecule has 4 rings (SSSR count). The Kier molecular flexibility index (Phi) is 4.49. The fraction of sp³-hybridized carbons (Fsp3) is 0.381. The average Bonchev–Trinajstić information content (AvgIpc) is 3.34. The van der Waals surface area contributed by atoms with Gasteiger partial charge in [0.05, 0.1) is 0 Å².